The highest BCUT2D eigenvalue weighted by molar-refractivity contribution is 5.85. The second-order valence-corrected chi connectivity index (χ2v) is 3.46. The van der Waals surface area contributed by atoms with Crippen molar-refractivity contribution < 1.29 is 14.6 Å². The van der Waals surface area contributed by atoms with E-state index in [-0.39, 0.29) is 5.69 Å². The van der Waals surface area contributed by atoms with Crippen LogP contribution in [0.15, 0.2) is 18.2 Å². The normalized spacial score (nSPS) is 10.2. The summed E-state index contributed by atoms with van der Waals surface area (Å²) in [6, 6.07) is 5.00. The van der Waals surface area contributed by atoms with Crippen molar-refractivity contribution in [1.82, 2.24) is 4.98 Å². The van der Waals surface area contributed by atoms with Crippen molar-refractivity contribution in [2.75, 3.05) is 31.2 Å². The molecule has 94 valence electrons. The first kappa shape index (κ1) is 13.4. The zero-order chi connectivity index (χ0) is 12.7. The standard InChI is InChI=1S/C12H18N2O3/c1-3-14(8-9-17-4-2)11-7-5-6-10(13-11)12(15)16/h5-7H,3-4,8-9H2,1-2H3,(H,15,16). The van der Waals surface area contributed by atoms with E-state index in [1.165, 1.54) is 6.07 Å². The van der Waals surface area contributed by atoms with Crippen molar-refractivity contribution in [3.63, 3.8) is 0 Å². The summed E-state index contributed by atoms with van der Waals surface area (Å²) in [7, 11) is 0. The number of rotatable bonds is 7. The predicted octanol–water partition coefficient (Wildman–Crippen LogP) is 1.64. The van der Waals surface area contributed by atoms with E-state index in [0.29, 0.717) is 25.6 Å². The van der Waals surface area contributed by atoms with Crippen molar-refractivity contribution in [3.05, 3.63) is 23.9 Å². The fraction of sp³-hybridized carbons (Fsp3) is 0.500. The van der Waals surface area contributed by atoms with Crippen LogP contribution in [0.4, 0.5) is 5.82 Å². The van der Waals surface area contributed by atoms with E-state index in [2.05, 4.69) is 4.98 Å². The topological polar surface area (TPSA) is 62.7 Å². The van der Waals surface area contributed by atoms with Crippen LogP contribution in [0.5, 0.6) is 0 Å². The van der Waals surface area contributed by atoms with Gasteiger partial charge in [0.2, 0.25) is 0 Å². The van der Waals surface area contributed by atoms with Gasteiger partial charge in [-0.2, -0.15) is 0 Å². The lowest BCUT2D eigenvalue weighted by molar-refractivity contribution is 0.0690. The van der Waals surface area contributed by atoms with Crippen molar-refractivity contribution in [1.29, 1.82) is 0 Å². The molecule has 1 heterocycles. The van der Waals surface area contributed by atoms with Crippen LogP contribution in [-0.2, 0) is 4.74 Å². The number of nitrogens with zero attached hydrogens (tertiary/aromatic N) is 2. The summed E-state index contributed by atoms with van der Waals surface area (Å²) >= 11 is 0. The Hall–Kier alpha value is -1.62. The molecule has 0 saturated carbocycles. The number of pyridine rings is 1. The van der Waals surface area contributed by atoms with Crippen molar-refractivity contribution in [2.45, 2.75) is 13.8 Å². The molecule has 1 aromatic rings. The van der Waals surface area contributed by atoms with E-state index in [9.17, 15) is 4.79 Å². The summed E-state index contributed by atoms with van der Waals surface area (Å²) < 4.78 is 5.28. The molecule has 0 aliphatic carbocycles. The molecule has 0 fully saturated rings. The van der Waals surface area contributed by atoms with Gasteiger partial charge in [-0.25, -0.2) is 9.78 Å². The van der Waals surface area contributed by atoms with Gasteiger partial charge in [0.1, 0.15) is 5.82 Å². The van der Waals surface area contributed by atoms with Crippen molar-refractivity contribution in [3.8, 4) is 0 Å². The summed E-state index contributed by atoms with van der Waals surface area (Å²) in [5, 5.41) is 8.87. The van der Waals surface area contributed by atoms with Gasteiger partial charge >= 0.3 is 5.97 Å². The van der Waals surface area contributed by atoms with Gasteiger partial charge in [0.15, 0.2) is 5.69 Å². The number of carboxylic acids is 1. The third kappa shape index (κ3) is 4.03. The Morgan fingerprint density at radius 2 is 2.24 bits per heavy atom. The number of hydrogen-bond acceptors (Lipinski definition) is 4. The fourth-order valence-electron chi connectivity index (χ4n) is 1.47. The van der Waals surface area contributed by atoms with Gasteiger partial charge in [-0.15, -0.1) is 0 Å². The highest BCUT2D eigenvalue weighted by atomic mass is 16.5. The molecule has 0 amide bonds. The SMILES string of the molecule is CCOCCN(CC)c1cccc(C(=O)O)n1. The van der Waals surface area contributed by atoms with Crippen molar-refractivity contribution in [2.24, 2.45) is 0 Å². The Kier molecular flexibility index (Phi) is 5.42. The summed E-state index contributed by atoms with van der Waals surface area (Å²) in [6.07, 6.45) is 0. The van der Waals surface area contributed by atoms with E-state index in [0.717, 1.165) is 6.54 Å². The number of hydrogen-bond donors (Lipinski definition) is 1. The van der Waals surface area contributed by atoms with Crippen LogP contribution in [0.3, 0.4) is 0 Å². The zero-order valence-electron chi connectivity index (χ0n) is 10.2. The molecule has 0 atom stereocenters. The smallest absolute Gasteiger partial charge is 0.354 e. The molecule has 1 aromatic heterocycles. The molecule has 0 radical (unpaired) electrons. The molecular formula is C12H18N2O3. The van der Waals surface area contributed by atoms with Crippen LogP contribution in [-0.4, -0.2) is 42.4 Å². The van der Waals surface area contributed by atoms with Gasteiger partial charge < -0.3 is 14.7 Å². The predicted molar refractivity (Wildman–Crippen MR) is 65.6 cm³/mol. The van der Waals surface area contributed by atoms with Gasteiger partial charge in [-0.1, -0.05) is 6.07 Å². The number of anilines is 1. The van der Waals surface area contributed by atoms with Gasteiger partial charge in [0.05, 0.1) is 6.61 Å². The number of ether oxygens (including phenoxy) is 1. The zero-order valence-corrected chi connectivity index (χ0v) is 10.2. The van der Waals surface area contributed by atoms with E-state index < -0.39 is 5.97 Å². The fourth-order valence-corrected chi connectivity index (χ4v) is 1.47. The molecule has 0 unspecified atom stereocenters. The summed E-state index contributed by atoms with van der Waals surface area (Å²) in [6.45, 7) is 6.72. The molecule has 0 aromatic carbocycles. The van der Waals surface area contributed by atoms with E-state index >= 15 is 0 Å². The Balaban J connectivity index is 2.73. The molecule has 0 aliphatic heterocycles. The van der Waals surface area contributed by atoms with Gasteiger partial charge in [-0.3, -0.25) is 0 Å². The Morgan fingerprint density at radius 3 is 2.82 bits per heavy atom. The van der Waals surface area contributed by atoms with Gasteiger partial charge in [-0.05, 0) is 26.0 Å². The maximum Gasteiger partial charge on any atom is 0.354 e. The second-order valence-electron chi connectivity index (χ2n) is 3.46. The van der Waals surface area contributed by atoms with Crippen LogP contribution in [0.25, 0.3) is 0 Å². The number of aromatic carboxylic acids is 1. The van der Waals surface area contributed by atoms with Crippen LogP contribution in [0.1, 0.15) is 24.3 Å². The monoisotopic (exact) mass is 238 g/mol. The quantitative estimate of drug-likeness (QED) is 0.732. The first-order valence-electron chi connectivity index (χ1n) is 5.72. The first-order chi connectivity index (χ1) is 8.19. The number of likely N-dealkylation sites (N-methyl/N-ethyl adjacent to an activating group) is 1. The molecule has 1 N–H and O–H groups in total. The minimum Gasteiger partial charge on any atom is -0.477 e. The van der Waals surface area contributed by atoms with E-state index in [4.69, 9.17) is 9.84 Å². The summed E-state index contributed by atoms with van der Waals surface area (Å²) in [4.78, 5) is 16.9. The molecule has 5 heteroatoms. The minimum atomic E-state index is -1.01. The van der Waals surface area contributed by atoms with E-state index in [1.807, 2.05) is 24.8 Å². The molecule has 0 spiro atoms. The third-order valence-corrected chi connectivity index (χ3v) is 2.37. The van der Waals surface area contributed by atoms with Crippen LogP contribution in [0.2, 0.25) is 0 Å². The highest BCUT2D eigenvalue weighted by Gasteiger charge is 2.09. The van der Waals surface area contributed by atoms with Gasteiger partial charge in [0.25, 0.3) is 0 Å². The average molecular weight is 238 g/mol. The molecule has 0 saturated heterocycles. The molecule has 5 nitrogen and oxygen atoms in total. The highest BCUT2D eigenvalue weighted by Crippen LogP contribution is 2.11. The number of carboxylic acid groups (broad SMARTS) is 1. The Morgan fingerprint density at radius 1 is 1.47 bits per heavy atom. The minimum absolute atomic E-state index is 0.0670. The number of aromatic nitrogens is 1. The maximum atomic E-state index is 10.8. The Bertz CT molecular complexity index is 369. The van der Waals surface area contributed by atoms with Crippen molar-refractivity contribution >= 4 is 11.8 Å². The first-order valence-corrected chi connectivity index (χ1v) is 5.72. The van der Waals surface area contributed by atoms with Crippen LogP contribution >= 0.6 is 0 Å². The van der Waals surface area contributed by atoms with Gasteiger partial charge in [0, 0.05) is 19.7 Å². The molecule has 0 aliphatic rings. The third-order valence-electron chi connectivity index (χ3n) is 2.37. The Labute approximate surface area is 101 Å². The molecular weight excluding hydrogens is 220 g/mol. The lowest BCUT2D eigenvalue weighted by Gasteiger charge is -2.21. The van der Waals surface area contributed by atoms with Crippen LogP contribution < -0.4 is 4.90 Å². The second kappa shape index (κ2) is 6.85. The van der Waals surface area contributed by atoms with E-state index in [1.54, 1.807) is 6.07 Å². The lowest BCUT2D eigenvalue weighted by atomic mass is 10.3. The summed E-state index contributed by atoms with van der Waals surface area (Å²) in [5.74, 6) is -0.334. The maximum absolute atomic E-state index is 10.8. The molecule has 1 rings (SSSR count). The largest absolute Gasteiger partial charge is 0.477 e. The average Bonchev–Trinajstić information content (AvgIpc) is 2.35. The molecule has 17 heavy (non-hydrogen) atoms. The molecule has 0 bridgehead atoms. The van der Waals surface area contributed by atoms with Crippen LogP contribution in [0, 0.1) is 0 Å². The summed E-state index contributed by atoms with van der Waals surface area (Å²) in [5.41, 5.74) is 0.0670. The lowest BCUT2D eigenvalue weighted by Crippen LogP contribution is -2.28. The number of carbonyl (C=O) groups is 1.